The minimum absolute atomic E-state index is 0.00226. The van der Waals surface area contributed by atoms with Crippen LogP contribution >= 0.6 is 15.8 Å². The second-order valence-corrected chi connectivity index (χ2v) is 18.7. The van der Waals surface area contributed by atoms with Crippen LogP contribution in [-0.2, 0) is 0 Å². The Labute approximate surface area is 209 Å². The smallest absolute Gasteiger partial charge is 0.0121 e. The van der Waals surface area contributed by atoms with E-state index in [-0.39, 0.29) is 15.8 Å². The summed E-state index contributed by atoms with van der Waals surface area (Å²) in [6, 6.07) is 10.0. The molecule has 33 heavy (non-hydrogen) atoms. The maximum Gasteiger partial charge on any atom is -0.0121 e. The van der Waals surface area contributed by atoms with Gasteiger partial charge in [0.25, 0.3) is 0 Å². The maximum atomic E-state index is 2.66. The average molecular weight is 487 g/mol. The monoisotopic (exact) mass is 486 g/mol. The fraction of sp³-hybridized carbons (Fsp3) is 0.806. The summed E-state index contributed by atoms with van der Waals surface area (Å²) < 4.78 is 0. The van der Waals surface area contributed by atoms with Crippen LogP contribution in [0.2, 0.25) is 0 Å². The molecule has 3 atom stereocenters. The van der Waals surface area contributed by atoms with Crippen molar-refractivity contribution in [1.82, 2.24) is 0 Å². The van der Waals surface area contributed by atoms with Crippen molar-refractivity contribution >= 4 is 21.1 Å². The van der Waals surface area contributed by atoms with E-state index in [1.807, 2.05) is 10.9 Å². The van der Waals surface area contributed by atoms with Crippen molar-refractivity contribution in [2.45, 2.75) is 152 Å². The van der Waals surface area contributed by atoms with Gasteiger partial charge >= 0.3 is 0 Å². The van der Waals surface area contributed by atoms with E-state index in [0.717, 1.165) is 40.1 Å². The lowest BCUT2D eigenvalue weighted by Crippen LogP contribution is -2.31. The Morgan fingerprint density at radius 1 is 0.636 bits per heavy atom. The zero-order valence-corrected chi connectivity index (χ0v) is 24.2. The molecular formula is C31H52P2. The highest BCUT2D eigenvalue weighted by atomic mass is 31.1. The Kier molecular flexibility index (Phi) is 9.79. The first-order valence-electron chi connectivity index (χ1n) is 14.6. The highest BCUT2D eigenvalue weighted by Crippen LogP contribution is 2.60. The van der Waals surface area contributed by atoms with Gasteiger partial charge in [0.05, 0.1) is 0 Å². The van der Waals surface area contributed by atoms with Crippen LogP contribution in [-0.4, -0.2) is 28.3 Å². The van der Waals surface area contributed by atoms with Crippen molar-refractivity contribution in [3.63, 3.8) is 0 Å². The van der Waals surface area contributed by atoms with Crippen molar-refractivity contribution in [2.75, 3.05) is 0 Å². The third-order valence-electron chi connectivity index (χ3n) is 9.40. The summed E-state index contributed by atoms with van der Waals surface area (Å²) >= 11 is 0. The number of benzene rings is 1. The lowest BCUT2D eigenvalue weighted by atomic mass is 9.87. The highest BCUT2D eigenvalue weighted by molar-refractivity contribution is 7.67. The van der Waals surface area contributed by atoms with Crippen molar-refractivity contribution in [1.29, 1.82) is 0 Å². The molecule has 0 heterocycles. The van der Waals surface area contributed by atoms with Gasteiger partial charge in [-0.2, -0.15) is 0 Å². The molecule has 0 nitrogen and oxygen atoms in total. The number of hydrogen-bond acceptors (Lipinski definition) is 0. The molecule has 1 aromatic rings. The minimum atomic E-state index is -0.00226. The Balaban J connectivity index is 1.67. The summed E-state index contributed by atoms with van der Waals surface area (Å²) in [7, 11) is 0.0859. The van der Waals surface area contributed by atoms with Gasteiger partial charge < -0.3 is 0 Å². The zero-order valence-electron chi connectivity index (χ0n) is 22.4. The first-order valence-corrected chi connectivity index (χ1v) is 17.7. The van der Waals surface area contributed by atoms with Crippen molar-refractivity contribution < 1.29 is 0 Å². The fourth-order valence-corrected chi connectivity index (χ4v) is 16.1. The van der Waals surface area contributed by atoms with E-state index in [4.69, 9.17) is 0 Å². The van der Waals surface area contributed by atoms with E-state index < -0.39 is 0 Å². The van der Waals surface area contributed by atoms with Crippen LogP contribution in [0.1, 0.15) is 130 Å². The third kappa shape index (κ3) is 6.08. The molecule has 0 spiro atoms. The Hall–Kier alpha value is 0.0800. The average Bonchev–Trinajstić information content (AvgIpc) is 3.30. The van der Waals surface area contributed by atoms with Crippen LogP contribution in [0.25, 0.3) is 0 Å². The molecule has 3 saturated carbocycles. The van der Waals surface area contributed by atoms with Gasteiger partial charge in [0.1, 0.15) is 0 Å². The molecule has 0 aliphatic heterocycles. The van der Waals surface area contributed by atoms with Crippen LogP contribution in [0.15, 0.2) is 24.3 Å². The summed E-state index contributed by atoms with van der Waals surface area (Å²) in [5, 5.41) is 1.88. The SMILES string of the molecule is CC(C)P(C(C)C)[C@@H](C)C1CCCC1c1ccccc1P(C1CCCCC1)C1CCCCC1. The molecule has 2 unspecified atom stereocenters. The second kappa shape index (κ2) is 12.4. The topological polar surface area (TPSA) is 0 Å². The molecule has 0 amide bonds. The largest absolute Gasteiger partial charge is 0.0982 e. The minimum Gasteiger partial charge on any atom is -0.0982 e. The van der Waals surface area contributed by atoms with Gasteiger partial charge in [-0.15, -0.1) is 0 Å². The van der Waals surface area contributed by atoms with Crippen LogP contribution in [0.4, 0.5) is 0 Å². The van der Waals surface area contributed by atoms with E-state index in [9.17, 15) is 0 Å². The summed E-state index contributed by atoms with van der Waals surface area (Å²) in [5.74, 6) is 1.74. The molecule has 0 saturated heterocycles. The van der Waals surface area contributed by atoms with Crippen LogP contribution in [0.5, 0.6) is 0 Å². The first-order chi connectivity index (χ1) is 16.0. The van der Waals surface area contributed by atoms with Crippen LogP contribution in [0, 0.1) is 5.92 Å². The zero-order chi connectivity index (χ0) is 23.4. The van der Waals surface area contributed by atoms with Crippen molar-refractivity contribution in [2.24, 2.45) is 5.92 Å². The summed E-state index contributed by atoms with van der Waals surface area (Å²) in [4.78, 5) is 0. The number of rotatable bonds is 8. The van der Waals surface area contributed by atoms with Gasteiger partial charge in [0, 0.05) is 0 Å². The maximum absolute atomic E-state index is 2.66. The molecule has 0 aromatic heterocycles. The van der Waals surface area contributed by atoms with Gasteiger partial charge in [-0.1, -0.05) is 120 Å². The molecular weight excluding hydrogens is 434 g/mol. The van der Waals surface area contributed by atoms with Crippen LogP contribution < -0.4 is 5.30 Å². The normalized spacial score (nSPS) is 26.7. The first kappa shape index (κ1) is 26.2. The highest BCUT2D eigenvalue weighted by Gasteiger charge is 2.40. The predicted molar refractivity (Wildman–Crippen MR) is 153 cm³/mol. The Morgan fingerprint density at radius 2 is 1.18 bits per heavy atom. The van der Waals surface area contributed by atoms with Crippen LogP contribution in [0.3, 0.4) is 0 Å². The molecule has 4 rings (SSSR count). The summed E-state index contributed by atoms with van der Waals surface area (Å²) in [6.45, 7) is 12.7. The quantitative estimate of drug-likeness (QED) is 0.321. The predicted octanol–water partition coefficient (Wildman–Crippen LogP) is 10.0. The van der Waals surface area contributed by atoms with E-state index in [1.54, 1.807) is 0 Å². The van der Waals surface area contributed by atoms with Gasteiger partial charge in [-0.05, 0) is 89.5 Å². The molecule has 0 N–H and O–H groups in total. The standard InChI is InChI=1S/C31H52P2/c1-23(2)32(24(3)4)25(5)28-20-14-21-29(28)30-19-12-13-22-31(30)33(26-15-8-6-9-16-26)27-17-10-7-11-18-27/h12-13,19,22-29H,6-11,14-18,20-21H2,1-5H3/t25-,28?,29?/m0/s1. The molecule has 3 aliphatic rings. The lowest BCUT2D eigenvalue weighted by molar-refractivity contribution is 0.473. The lowest BCUT2D eigenvalue weighted by Gasteiger charge is -2.42. The molecule has 186 valence electrons. The Morgan fingerprint density at radius 3 is 1.73 bits per heavy atom. The fourth-order valence-electron chi connectivity index (χ4n) is 8.16. The van der Waals surface area contributed by atoms with Crippen molar-refractivity contribution in [3.05, 3.63) is 29.8 Å². The summed E-state index contributed by atoms with van der Waals surface area (Å²) in [5.41, 5.74) is 6.46. The van der Waals surface area contributed by atoms with Gasteiger partial charge in [-0.25, -0.2) is 0 Å². The number of hydrogen-bond donors (Lipinski definition) is 0. The molecule has 1 aromatic carbocycles. The van der Waals surface area contributed by atoms with E-state index in [1.165, 1.54) is 83.5 Å². The van der Waals surface area contributed by atoms with Crippen molar-refractivity contribution in [3.8, 4) is 0 Å². The van der Waals surface area contributed by atoms with Gasteiger partial charge in [0.15, 0.2) is 0 Å². The Bertz CT molecular complexity index is 687. The van der Waals surface area contributed by atoms with Gasteiger partial charge in [0.2, 0.25) is 0 Å². The molecule has 0 bridgehead atoms. The van der Waals surface area contributed by atoms with E-state index in [2.05, 4.69) is 58.9 Å². The molecule has 3 aliphatic carbocycles. The van der Waals surface area contributed by atoms with Gasteiger partial charge in [-0.3, -0.25) is 0 Å². The molecule has 0 radical (unpaired) electrons. The van der Waals surface area contributed by atoms with E-state index >= 15 is 0 Å². The third-order valence-corrected chi connectivity index (χ3v) is 16.7. The van der Waals surface area contributed by atoms with E-state index in [0.29, 0.717) is 0 Å². The second-order valence-electron chi connectivity index (χ2n) is 12.1. The molecule has 3 fully saturated rings. The summed E-state index contributed by atoms with van der Waals surface area (Å²) in [6.07, 6.45) is 19.4. The molecule has 2 heteroatoms.